The Morgan fingerprint density at radius 3 is 1.70 bits per heavy atom. The van der Waals surface area contributed by atoms with E-state index >= 15 is 0 Å². The standard InChI is InChI=1S/C52H35NO/c1-4-14-37(15-5-1)44-31-27-40(34-48(44)38-16-6-2-7-17-38)36-24-29-43(30-25-36)53(42-19-8-3-9-20-42)50-23-13-12-21-45(50)41-28-33-51-49(35-41)47-32-26-39-18-10-11-22-46(39)52(47)54-51/h1-35H. The average molecular weight is 690 g/mol. The number of nitrogens with zero attached hydrogens (tertiary/aromatic N) is 1. The van der Waals surface area contributed by atoms with Crippen LogP contribution < -0.4 is 4.90 Å². The molecule has 9 aromatic carbocycles. The molecule has 0 radical (unpaired) electrons. The van der Waals surface area contributed by atoms with Gasteiger partial charge in [0.1, 0.15) is 11.2 Å². The summed E-state index contributed by atoms with van der Waals surface area (Å²) in [6.07, 6.45) is 0. The van der Waals surface area contributed by atoms with Gasteiger partial charge in [0.05, 0.1) is 5.69 Å². The third kappa shape index (κ3) is 5.62. The van der Waals surface area contributed by atoms with Gasteiger partial charge in [-0.05, 0) is 98.9 Å². The second-order valence-corrected chi connectivity index (χ2v) is 13.7. The molecular formula is C52H35NO. The van der Waals surface area contributed by atoms with Crippen molar-refractivity contribution in [2.75, 3.05) is 4.90 Å². The first kappa shape index (κ1) is 31.6. The minimum absolute atomic E-state index is 0.894. The molecular weight excluding hydrogens is 655 g/mol. The summed E-state index contributed by atoms with van der Waals surface area (Å²) < 4.78 is 6.47. The number of anilines is 3. The molecule has 0 spiro atoms. The number of para-hydroxylation sites is 2. The molecule has 54 heavy (non-hydrogen) atoms. The Labute approximate surface area is 314 Å². The molecule has 0 amide bonds. The van der Waals surface area contributed by atoms with Crippen molar-refractivity contribution < 1.29 is 4.42 Å². The zero-order valence-electron chi connectivity index (χ0n) is 29.6. The van der Waals surface area contributed by atoms with Crippen molar-refractivity contribution in [2.45, 2.75) is 0 Å². The number of rotatable bonds is 7. The van der Waals surface area contributed by atoms with Crippen LogP contribution >= 0.6 is 0 Å². The van der Waals surface area contributed by atoms with E-state index in [1.54, 1.807) is 0 Å². The lowest BCUT2D eigenvalue weighted by Gasteiger charge is -2.28. The van der Waals surface area contributed by atoms with E-state index in [2.05, 4.69) is 217 Å². The van der Waals surface area contributed by atoms with E-state index in [1.807, 2.05) is 0 Å². The first-order valence-electron chi connectivity index (χ1n) is 18.4. The molecule has 254 valence electrons. The number of hydrogen-bond donors (Lipinski definition) is 0. The highest BCUT2D eigenvalue weighted by Gasteiger charge is 2.19. The molecule has 0 fully saturated rings. The molecule has 10 rings (SSSR count). The van der Waals surface area contributed by atoms with Gasteiger partial charge in [-0.2, -0.15) is 0 Å². The van der Waals surface area contributed by atoms with Crippen LogP contribution in [0.1, 0.15) is 0 Å². The summed E-state index contributed by atoms with van der Waals surface area (Å²) in [5, 5.41) is 4.56. The van der Waals surface area contributed by atoms with E-state index in [0.29, 0.717) is 0 Å². The maximum Gasteiger partial charge on any atom is 0.143 e. The molecule has 0 bridgehead atoms. The summed E-state index contributed by atoms with van der Waals surface area (Å²) in [5.74, 6) is 0. The van der Waals surface area contributed by atoms with Gasteiger partial charge in [-0.25, -0.2) is 0 Å². The lowest BCUT2D eigenvalue weighted by Crippen LogP contribution is -2.11. The highest BCUT2D eigenvalue weighted by atomic mass is 16.3. The predicted molar refractivity (Wildman–Crippen MR) is 228 cm³/mol. The quantitative estimate of drug-likeness (QED) is 0.166. The highest BCUT2D eigenvalue weighted by Crippen LogP contribution is 2.44. The maximum atomic E-state index is 6.47. The lowest BCUT2D eigenvalue weighted by atomic mass is 9.91. The van der Waals surface area contributed by atoms with Gasteiger partial charge < -0.3 is 9.32 Å². The molecule has 0 N–H and O–H groups in total. The fourth-order valence-electron chi connectivity index (χ4n) is 7.84. The summed E-state index contributed by atoms with van der Waals surface area (Å²) in [5.41, 5.74) is 14.6. The zero-order chi connectivity index (χ0) is 35.8. The van der Waals surface area contributed by atoms with Gasteiger partial charge in [-0.1, -0.05) is 158 Å². The fraction of sp³-hybridized carbons (Fsp3) is 0. The Bertz CT molecular complexity index is 2910. The van der Waals surface area contributed by atoms with Crippen LogP contribution in [0.4, 0.5) is 17.1 Å². The van der Waals surface area contributed by atoms with Crippen molar-refractivity contribution in [3.8, 4) is 44.5 Å². The monoisotopic (exact) mass is 689 g/mol. The second-order valence-electron chi connectivity index (χ2n) is 13.7. The summed E-state index contributed by atoms with van der Waals surface area (Å²) >= 11 is 0. The normalized spacial score (nSPS) is 11.3. The van der Waals surface area contributed by atoms with Gasteiger partial charge in [0, 0.05) is 33.1 Å². The van der Waals surface area contributed by atoms with Crippen LogP contribution in [0.5, 0.6) is 0 Å². The van der Waals surface area contributed by atoms with E-state index in [4.69, 9.17) is 4.42 Å². The van der Waals surface area contributed by atoms with Crippen molar-refractivity contribution in [1.29, 1.82) is 0 Å². The molecule has 1 aromatic heterocycles. The van der Waals surface area contributed by atoms with Crippen molar-refractivity contribution in [1.82, 2.24) is 0 Å². The molecule has 10 aromatic rings. The van der Waals surface area contributed by atoms with Gasteiger partial charge >= 0.3 is 0 Å². The van der Waals surface area contributed by atoms with Gasteiger partial charge in [-0.15, -0.1) is 0 Å². The number of benzene rings is 9. The topological polar surface area (TPSA) is 16.4 Å². The molecule has 2 heteroatoms. The van der Waals surface area contributed by atoms with Crippen LogP contribution in [-0.2, 0) is 0 Å². The average Bonchev–Trinajstić information content (AvgIpc) is 3.64. The van der Waals surface area contributed by atoms with Gasteiger partial charge in [0.2, 0.25) is 0 Å². The van der Waals surface area contributed by atoms with Crippen molar-refractivity contribution >= 4 is 49.8 Å². The summed E-state index contributed by atoms with van der Waals surface area (Å²) in [6.45, 7) is 0. The van der Waals surface area contributed by atoms with Crippen molar-refractivity contribution in [3.05, 3.63) is 212 Å². The minimum Gasteiger partial charge on any atom is -0.455 e. The van der Waals surface area contributed by atoms with E-state index in [9.17, 15) is 0 Å². The Morgan fingerprint density at radius 2 is 0.926 bits per heavy atom. The van der Waals surface area contributed by atoms with E-state index in [1.165, 1.54) is 38.8 Å². The SMILES string of the molecule is c1ccc(-c2ccc(-c3ccc(N(c4ccccc4)c4ccccc4-c4ccc5oc6c7ccccc7ccc6c5c4)cc3)cc2-c2ccccc2)cc1. The summed E-state index contributed by atoms with van der Waals surface area (Å²) in [4.78, 5) is 2.36. The molecule has 0 aliphatic rings. The van der Waals surface area contributed by atoms with Crippen LogP contribution in [0.3, 0.4) is 0 Å². The predicted octanol–water partition coefficient (Wildman–Crippen LogP) is 14.9. The maximum absolute atomic E-state index is 6.47. The van der Waals surface area contributed by atoms with E-state index < -0.39 is 0 Å². The van der Waals surface area contributed by atoms with E-state index in [0.717, 1.165) is 55.5 Å². The van der Waals surface area contributed by atoms with Crippen LogP contribution in [-0.4, -0.2) is 0 Å². The number of fused-ring (bicyclic) bond motifs is 5. The minimum atomic E-state index is 0.894. The van der Waals surface area contributed by atoms with Gasteiger partial charge in [-0.3, -0.25) is 0 Å². The van der Waals surface area contributed by atoms with Crippen molar-refractivity contribution in [2.24, 2.45) is 0 Å². The number of hydrogen-bond acceptors (Lipinski definition) is 2. The zero-order valence-corrected chi connectivity index (χ0v) is 29.6. The van der Waals surface area contributed by atoms with Crippen molar-refractivity contribution in [3.63, 3.8) is 0 Å². The molecule has 0 saturated carbocycles. The largest absolute Gasteiger partial charge is 0.455 e. The summed E-state index contributed by atoms with van der Waals surface area (Å²) in [7, 11) is 0. The Morgan fingerprint density at radius 1 is 0.315 bits per heavy atom. The molecule has 0 atom stereocenters. The molecule has 0 aliphatic heterocycles. The van der Waals surface area contributed by atoms with Crippen LogP contribution in [0.25, 0.3) is 77.2 Å². The Hall–Kier alpha value is -7.16. The summed E-state index contributed by atoms with van der Waals surface area (Å²) in [6, 6.07) is 75.8. The smallest absolute Gasteiger partial charge is 0.143 e. The molecule has 0 saturated heterocycles. The van der Waals surface area contributed by atoms with Crippen LogP contribution in [0, 0.1) is 0 Å². The number of furan rings is 1. The molecule has 0 unspecified atom stereocenters. The third-order valence-electron chi connectivity index (χ3n) is 10.5. The fourth-order valence-corrected chi connectivity index (χ4v) is 7.84. The first-order chi connectivity index (χ1) is 26.8. The first-order valence-corrected chi connectivity index (χ1v) is 18.4. The van der Waals surface area contributed by atoms with Crippen LogP contribution in [0.2, 0.25) is 0 Å². The highest BCUT2D eigenvalue weighted by molar-refractivity contribution is 6.15. The Kier molecular flexibility index (Phi) is 7.85. The van der Waals surface area contributed by atoms with E-state index in [-0.39, 0.29) is 0 Å². The lowest BCUT2D eigenvalue weighted by molar-refractivity contribution is 0.672. The second kappa shape index (κ2) is 13.4. The van der Waals surface area contributed by atoms with Gasteiger partial charge in [0.25, 0.3) is 0 Å². The van der Waals surface area contributed by atoms with Crippen LogP contribution in [0.15, 0.2) is 217 Å². The molecule has 2 nitrogen and oxygen atoms in total. The van der Waals surface area contributed by atoms with Gasteiger partial charge in [0.15, 0.2) is 0 Å². The third-order valence-corrected chi connectivity index (χ3v) is 10.5. The molecule has 1 heterocycles. The Balaban J connectivity index is 1.07. The molecule has 0 aliphatic carbocycles.